The molecule has 1 aromatic heterocycles. The maximum Gasteiger partial charge on any atom is 0.433 e. The molecule has 7 nitrogen and oxygen atoms in total. The number of carbonyl (C=O) groups excluding carboxylic acids is 1. The van der Waals surface area contributed by atoms with Crippen LogP contribution in [0.2, 0.25) is 0 Å². The van der Waals surface area contributed by atoms with Crippen LogP contribution in [0.5, 0.6) is 0 Å². The molecule has 0 aliphatic carbocycles. The summed E-state index contributed by atoms with van der Waals surface area (Å²) in [7, 11) is -3.77. The largest absolute Gasteiger partial charge is 0.433 e. The number of para-hydroxylation sites is 1. The maximum atomic E-state index is 14.2. The van der Waals surface area contributed by atoms with E-state index in [0.29, 0.717) is 13.0 Å². The molecule has 12 heteroatoms. The number of anilines is 2. The van der Waals surface area contributed by atoms with Crippen molar-refractivity contribution < 1.29 is 30.8 Å². The van der Waals surface area contributed by atoms with Crippen molar-refractivity contribution in [1.29, 1.82) is 0 Å². The Morgan fingerprint density at radius 3 is 2.52 bits per heavy atom. The second kappa shape index (κ2) is 10.6. The van der Waals surface area contributed by atoms with Gasteiger partial charge in [0.2, 0.25) is 15.9 Å². The van der Waals surface area contributed by atoms with Crippen LogP contribution in [0.3, 0.4) is 0 Å². The van der Waals surface area contributed by atoms with Gasteiger partial charge in [-0.25, -0.2) is 17.8 Å². The van der Waals surface area contributed by atoms with Gasteiger partial charge in [0, 0.05) is 23.7 Å². The molecular weight excluding hydrogens is 464 g/mol. The average molecular weight is 489 g/mol. The molecule has 0 fully saturated rings. The zero-order valence-corrected chi connectivity index (χ0v) is 18.9. The molecule has 2 aromatic rings. The number of rotatable bonds is 9. The molecule has 1 amide bonds. The molecule has 0 bridgehead atoms. The third-order valence-electron chi connectivity index (χ3n) is 4.33. The van der Waals surface area contributed by atoms with Crippen LogP contribution in [-0.2, 0) is 21.0 Å². The van der Waals surface area contributed by atoms with Gasteiger partial charge in [0.05, 0.1) is 18.0 Å². The number of sulfonamides is 1. The van der Waals surface area contributed by atoms with Crippen molar-refractivity contribution in [1.82, 2.24) is 10.3 Å². The number of nitrogens with zero attached hydrogens (tertiary/aromatic N) is 1. The summed E-state index contributed by atoms with van der Waals surface area (Å²) < 4.78 is 78.2. The number of amides is 1. The standard InChI is InChI=1S/C21H24F4N4O3S/c1-4-12-26-20-14(8-10-17(28-20)21(23,24)25)9-11-18(30)27-13(2)15-6-5-7-16(22)19(15)29-33(3,31)32/h5-11,13,29H,4,12H2,1-3H3,(H,26,28)(H,27,30)/t13-/m1/s1. The Morgan fingerprint density at radius 2 is 1.91 bits per heavy atom. The first-order valence-electron chi connectivity index (χ1n) is 9.88. The molecule has 180 valence electrons. The molecule has 2 rings (SSSR count). The third-order valence-corrected chi connectivity index (χ3v) is 4.91. The molecule has 1 heterocycles. The number of nitrogens with one attached hydrogen (secondary N) is 3. The highest BCUT2D eigenvalue weighted by molar-refractivity contribution is 7.92. The van der Waals surface area contributed by atoms with Gasteiger partial charge < -0.3 is 10.6 Å². The van der Waals surface area contributed by atoms with E-state index in [1.807, 2.05) is 6.92 Å². The predicted octanol–water partition coefficient (Wildman–Crippen LogP) is 4.32. The van der Waals surface area contributed by atoms with Gasteiger partial charge >= 0.3 is 6.18 Å². The number of pyridine rings is 1. The van der Waals surface area contributed by atoms with Crippen LogP contribution >= 0.6 is 0 Å². The Kier molecular flexibility index (Phi) is 8.42. The van der Waals surface area contributed by atoms with Gasteiger partial charge in [-0.15, -0.1) is 0 Å². The van der Waals surface area contributed by atoms with E-state index in [0.717, 1.165) is 24.5 Å². The van der Waals surface area contributed by atoms with Gasteiger partial charge in [0.25, 0.3) is 0 Å². The number of alkyl halides is 3. The summed E-state index contributed by atoms with van der Waals surface area (Å²) in [6, 6.07) is 5.13. The summed E-state index contributed by atoms with van der Waals surface area (Å²) >= 11 is 0. The third kappa shape index (κ3) is 7.74. The summed E-state index contributed by atoms with van der Waals surface area (Å²) in [5.41, 5.74) is -0.878. The van der Waals surface area contributed by atoms with Gasteiger partial charge in [-0.3, -0.25) is 9.52 Å². The second-order valence-electron chi connectivity index (χ2n) is 7.20. The fraction of sp³-hybridized carbons (Fsp3) is 0.333. The number of carbonyl (C=O) groups is 1. The van der Waals surface area contributed by atoms with E-state index >= 15 is 0 Å². The molecule has 1 atom stereocenters. The zero-order chi connectivity index (χ0) is 24.8. The molecule has 0 spiro atoms. The van der Waals surface area contributed by atoms with Crippen molar-refractivity contribution in [2.75, 3.05) is 22.8 Å². The Hall–Kier alpha value is -3.15. The Morgan fingerprint density at radius 1 is 1.21 bits per heavy atom. The summed E-state index contributed by atoms with van der Waals surface area (Å²) in [4.78, 5) is 16.0. The highest BCUT2D eigenvalue weighted by Gasteiger charge is 2.33. The van der Waals surface area contributed by atoms with Gasteiger partial charge in [0.1, 0.15) is 17.3 Å². The van der Waals surface area contributed by atoms with Gasteiger partial charge in [0.15, 0.2) is 0 Å². The van der Waals surface area contributed by atoms with E-state index in [4.69, 9.17) is 0 Å². The van der Waals surface area contributed by atoms with Crippen molar-refractivity contribution >= 4 is 33.5 Å². The monoisotopic (exact) mass is 488 g/mol. The summed E-state index contributed by atoms with van der Waals surface area (Å²) in [5.74, 6) is -1.45. The number of hydrogen-bond acceptors (Lipinski definition) is 5. The normalized spacial score (nSPS) is 13.1. The molecular formula is C21H24F4N4O3S. The quantitative estimate of drug-likeness (QED) is 0.361. The van der Waals surface area contributed by atoms with Crippen LogP contribution in [0.4, 0.5) is 29.1 Å². The average Bonchev–Trinajstić information content (AvgIpc) is 2.70. The molecule has 0 aliphatic rings. The summed E-state index contributed by atoms with van der Waals surface area (Å²) in [6.45, 7) is 3.75. The van der Waals surface area contributed by atoms with E-state index < -0.39 is 39.7 Å². The molecule has 0 aliphatic heterocycles. The zero-order valence-electron chi connectivity index (χ0n) is 18.1. The molecule has 0 saturated heterocycles. The van der Waals surface area contributed by atoms with Crippen LogP contribution in [-0.4, -0.2) is 32.1 Å². The SMILES string of the molecule is CCCNc1nc(C(F)(F)F)ccc1C=CC(=O)N[C@H](C)c1cccc(F)c1NS(C)(=O)=O. The minimum absolute atomic E-state index is 0.0199. The number of halogens is 4. The van der Waals surface area contributed by atoms with Crippen molar-refractivity contribution in [3.05, 3.63) is 59.0 Å². The van der Waals surface area contributed by atoms with Crippen LogP contribution < -0.4 is 15.4 Å². The Bertz CT molecular complexity index is 1130. The minimum Gasteiger partial charge on any atom is -0.370 e. The van der Waals surface area contributed by atoms with Crippen LogP contribution in [0.25, 0.3) is 6.08 Å². The lowest BCUT2D eigenvalue weighted by Crippen LogP contribution is -2.26. The lowest BCUT2D eigenvalue weighted by atomic mass is 10.1. The highest BCUT2D eigenvalue weighted by Crippen LogP contribution is 2.30. The molecule has 3 N–H and O–H groups in total. The van der Waals surface area contributed by atoms with E-state index in [2.05, 4.69) is 20.3 Å². The first-order valence-corrected chi connectivity index (χ1v) is 11.8. The molecule has 1 aromatic carbocycles. The van der Waals surface area contributed by atoms with E-state index in [9.17, 15) is 30.8 Å². The second-order valence-corrected chi connectivity index (χ2v) is 8.95. The van der Waals surface area contributed by atoms with Crippen molar-refractivity contribution in [2.45, 2.75) is 32.5 Å². The van der Waals surface area contributed by atoms with Crippen LogP contribution in [0.1, 0.15) is 43.1 Å². The lowest BCUT2D eigenvalue weighted by molar-refractivity contribution is -0.141. The summed E-state index contributed by atoms with van der Waals surface area (Å²) in [5, 5.41) is 5.37. The Balaban J connectivity index is 2.23. The Labute approximate surface area is 189 Å². The lowest BCUT2D eigenvalue weighted by Gasteiger charge is -2.18. The highest BCUT2D eigenvalue weighted by atomic mass is 32.2. The first kappa shape index (κ1) is 26.1. The smallest absolute Gasteiger partial charge is 0.370 e. The van der Waals surface area contributed by atoms with Crippen LogP contribution in [0.15, 0.2) is 36.4 Å². The van der Waals surface area contributed by atoms with Crippen molar-refractivity contribution in [2.24, 2.45) is 0 Å². The molecule has 33 heavy (non-hydrogen) atoms. The van der Waals surface area contributed by atoms with Crippen molar-refractivity contribution in [3.8, 4) is 0 Å². The van der Waals surface area contributed by atoms with Gasteiger partial charge in [-0.05, 0) is 37.6 Å². The van der Waals surface area contributed by atoms with Crippen LogP contribution in [0, 0.1) is 5.82 Å². The number of hydrogen-bond donors (Lipinski definition) is 3. The number of benzene rings is 1. The van der Waals surface area contributed by atoms with Crippen molar-refractivity contribution in [3.63, 3.8) is 0 Å². The molecule has 0 unspecified atom stereocenters. The number of aromatic nitrogens is 1. The fourth-order valence-electron chi connectivity index (χ4n) is 2.85. The van der Waals surface area contributed by atoms with E-state index in [1.54, 1.807) is 0 Å². The first-order chi connectivity index (χ1) is 15.3. The maximum absolute atomic E-state index is 14.2. The van der Waals surface area contributed by atoms with E-state index in [1.165, 1.54) is 31.2 Å². The molecule has 0 saturated carbocycles. The van der Waals surface area contributed by atoms with E-state index in [-0.39, 0.29) is 22.6 Å². The van der Waals surface area contributed by atoms with Gasteiger partial charge in [-0.2, -0.15) is 13.2 Å². The fourth-order valence-corrected chi connectivity index (χ4v) is 3.43. The summed E-state index contributed by atoms with van der Waals surface area (Å²) in [6.07, 6.45) is -0.691. The predicted molar refractivity (Wildman–Crippen MR) is 118 cm³/mol. The minimum atomic E-state index is -4.61. The molecule has 0 radical (unpaired) electrons. The van der Waals surface area contributed by atoms with Gasteiger partial charge in [-0.1, -0.05) is 19.1 Å². The topological polar surface area (TPSA) is 100 Å².